The van der Waals surface area contributed by atoms with E-state index >= 15 is 0 Å². The molecule has 0 atom stereocenters. The van der Waals surface area contributed by atoms with Crippen LogP contribution in [0, 0.1) is 0 Å². The van der Waals surface area contributed by atoms with E-state index in [0.717, 1.165) is 11.4 Å². The third-order valence-corrected chi connectivity index (χ3v) is 3.30. The molecule has 0 aliphatic heterocycles. The minimum Gasteiger partial charge on any atom is -0.497 e. The van der Waals surface area contributed by atoms with Gasteiger partial charge in [-0.2, -0.15) is 5.10 Å². The Morgan fingerprint density at radius 2 is 1.76 bits per heavy atom. The lowest BCUT2D eigenvalue weighted by Gasteiger charge is -2.06. The molecule has 0 saturated carbocycles. The fourth-order valence-electron chi connectivity index (χ4n) is 1.92. The van der Waals surface area contributed by atoms with Crippen molar-refractivity contribution in [2.75, 3.05) is 7.11 Å². The number of halogens is 1. The molecule has 3 aromatic rings. The van der Waals surface area contributed by atoms with Crippen LogP contribution in [0.15, 0.2) is 60.8 Å². The Labute approximate surface area is 127 Å². The molecule has 5 heteroatoms. The van der Waals surface area contributed by atoms with Crippen LogP contribution in [-0.2, 0) is 0 Å². The lowest BCUT2D eigenvalue weighted by molar-refractivity contribution is 0.414. The predicted molar refractivity (Wildman–Crippen MR) is 81.6 cm³/mol. The minimum atomic E-state index is 0.409. The molecular formula is C16H13ClN2O2. The molecule has 1 heterocycles. The van der Waals surface area contributed by atoms with Gasteiger partial charge in [0.1, 0.15) is 11.5 Å². The fraction of sp³-hybridized carbons (Fsp3) is 0.0625. The van der Waals surface area contributed by atoms with E-state index in [2.05, 4.69) is 5.10 Å². The number of aromatic nitrogens is 2. The van der Waals surface area contributed by atoms with E-state index in [1.807, 2.05) is 54.6 Å². The zero-order valence-electron chi connectivity index (χ0n) is 11.4. The van der Waals surface area contributed by atoms with Gasteiger partial charge in [-0.3, -0.25) is 0 Å². The van der Waals surface area contributed by atoms with Gasteiger partial charge in [0.25, 0.3) is 0 Å². The zero-order valence-corrected chi connectivity index (χ0v) is 12.1. The number of ether oxygens (including phenoxy) is 2. The van der Waals surface area contributed by atoms with Crippen molar-refractivity contribution in [1.82, 2.24) is 9.78 Å². The van der Waals surface area contributed by atoms with Crippen molar-refractivity contribution in [3.63, 3.8) is 0 Å². The van der Waals surface area contributed by atoms with Crippen molar-refractivity contribution in [2.45, 2.75) is 0 Å². The molecular weight excluding hydrogens is 288 g/mol. The number of nitrogens with zero attached hydrogens (tertiary/aromatic N) is 2. The lowest BCUT2D eigenvalue weighted by atomic mass is 10.3. The van der Waals surface area contributed by atoms with Crippen LogP contribution in [0.5, 0.6) is 17.2 Å². The number of rotatable bonds is 4. The average molecular weight is 301 g/mol. The number of hydrogen-bond acceptors (Lipinski definition) is 3. The summed E-state index contributed by atoms with van der Waals surface area (Å²) in [5, 5.41) is 4.67. The Balaban J connectivity index is 1.92. The molecule has 0 saturated heterocycles. The Bertz CT molecular complexity index is 741. The van der Waals surface area contributed by atoms with E-state index in [1.165, 1.54) is 0 Å². The summed E-state index contributed by atoms with van der Waals surface area (Å²) in [5.74, 6) is 1.96. The summed E-state index contributed by atoms with van der Waals surface area (Å²) in [6.45, 7) is 0. The first-order valence-electron chi connectivity index (χ1n) is 6.39. The van der Waals surface area contributed by atoms with Crippen molar-refractivity contribution in [3.8, 4) is 22.9 Å². The van der Waals surface area contributed by atoms with Crippen LogP contribution in [0.25, 0.3) is 5.69 Å². The summed E-state index contributed by atoms with van der Waals surface area (Å²) >= 11 is 6.34. The summed E-state index contributed by atoms with van der Waals surface area (Å²) in [4.78, 5) is 0. The van der Waals surface area contributed by atoms with E-state index in [4.69, 9.17) is 21.1 Å². The van der Waals surface area contributed by atoms with Gasteiger partial charge in [0, 0.05) is 6.07 Å². The van der Waals surface area contributed by atoms with Crippen LogP contribution < -0.4 is 9.47 Å². The molecule has 0 unspecified atom stereocenters. The second-order valence-corrected chi connectivity index (χ2v) is 4.69. The highest BCUT2D eigenvalue weighted by Gasteiger charge is 2.12. The molecule has 1 aromatic heterocycles. The predicted octanol–water partition coefficient (Wildman–Crippen LogP) is 4.33. The molecule has 0 fully saturated rings. The van der Waals surface area contributed by atoms with Gasteiger partial charge in [-0.25, -0.2) is 4.68 Å². The van der Waals surface area contributed by atoms with Gasteiger partial charge in [0.05, 0.1) is 19.0 Å². The Hall–Kier alpha value is -2.46. The summed E-state index contributed by atoms with van der Waals surface area (Å²) in [7, 11) is 1.62. The number of hydrogen-bond donors (Lipinski definition) is 0. The van der Waals surface area contributed by atoms with E-state index in [9.17, 15) is 0 Å². The second-order valence-electron chi connectivity index (χ2n) is 4.33. The molecule has 4 nitrogen and oxygen atoms in total. The lowest BCUT2D eigenvalue weighted by Crippen LogP contribution is -1.96. The maximum atomic E-state index is 6.34. The van der Waals surface area contributed by atoms with E-state index in [1.54, 1.807) is 18.0 Å². The summed E-state index contributed by atoms with van der Waals surface area (Å²) in [6, 6.07) is 16.9. The first-order chi connectivity index (χ1) is 10.3. The smallest absolute Gasteiger partial charge is 0.184 e. The van der Waals surface area contributed by atoms with Crippen molar-refractivity contribution < 1.29 is 9.47 Å². The van der Waals surface area contributed by atoms with Crippen molar-refractivity contribution in [3.05, 3.63) is 65.9 Å². The Morgan fingerprint density at radius 1 is 1.00 bits per heavy atom. The third kappa shape index (κ3) is 2.85. The first kappa shape index (κ1) is 13.5. The largest absolute Gasteiger partial charge is 0.497 e. The van der Waals surface area contributed by atoms with Crippen LogP contribution in [0.1, 0.15) is 0 Å². The first-order valence-corrected chi connectivity index (χ1v) is 6.76. The quantitative estimate of drug-likeness (QED) is 0.719. The van der Waals surface area contributed by atoms with E-state index in [-0.39, 0.29) is 0 Å². The zero-order chi connectivity index (χ0) is 14.7. The number of benzene rings is 2. The van der Waals surface area contributed by atoms with Crippen LogP contribution >= 0.6 is 11.6 Å². The molecule has 0 N–H and O–H groups in total. The van der Waals surface area contributed by atoms with E-state index < -0.39 is 0 Å². The summed E-state index contributed by atoms with van der Waals surface area (Å²) in [6.07, 6.45) is 1.59. The molecule has 106 valence electrons. The number of methoxy groups -OCH3 is 1. The van der Waals surface area contributed by atoms with Crippen LogP contribution in [0.2, 0.25) is 5.15 Å². The molecule has 0 radical (unpaired) electrons. The maximum Gasteiger partial charge on any atom is 0.184 e. The van der Waals surface area contributed by atoms with Crippen molar-refractivity contribution in [1.29, 1.82) is 0 Å². The standard InChI is InChI=1S/C16H13ClN2O2/c1-20-14-9-5-6-12(10-14)19-16(17)15(11-18-19)21-13-7-3-2-4-8-13/h2-11H,1H3. The van der Waals surface area contributed by atoms with Gasteiger partial charge in [0.15, 0.2) is 10.9 Å². The molecule has 0 amide bonds. The monoisotopic (exact) mass is 300 g/mol. The van der Waals surface area contributed by atoms with Crippen LogP contribution in [0.4, 0.5) is 0 Å². The minimum absolute atomic E-state index is 0.409. The topological polar surface area (TPSA) is 36.3 Å². The van der Waals surface area contributed by atoms with Gasteiger partial charge in [0.2, 0.25) is 0 Å². The van der Waals surface area contributed by atoms with Gasteiger partial charge >= 0.3 is 0 Å². The fourth-order valence-corrected chi connectivity index (χ4v) is 2.15. The molecule has 21 heavy (non-hydrogen) atoms. The van der Waals surface area contributed by atoms with Crippen molar-refractivity contribution in [2.24, 2.45) is 0 Å². The highest BCUT2D eigenvalue weighted by molar-refractivity contribution is 6.31. The summed E-state index contributed by atoms with van der Waals surface area (Å²) in [5.41, 5.74) is 0.808. The van der Waals surface area contributed by atoms with Gasteiger partial charge < -0.3 is 9.47 Å². The normalized spacial score (nSPS) is 10.4. The van der Waals surface area contributed by atoms with Crippen LogP contribution in [0.3, 0.4) is 0 Å². The van der Waals surface area contributed by atoms with Gasteiger partial charge in [-0.1, -0.05) is 35.9 Å². The van der Waals surface area contributed by atoms with Gasteiger partial charge in [-0.05, 0) is 24.3 Å². The molecule has 0 bridgehead atoms. The van der Waals surface area contributed by atoms with Gasteiger partial charge in [-0.15, -0.1) is 0 Å². The highest BCUT2D eigenvalue weighted by Crippen LogP contribution is 2.31. The SMILES string of the molecule is COc1cccc(-n2ncc(Oc3ccccc3)c2Cl)c1. The number of para-hydroxylation sites is 1. The molecule has 0 spiro atoms. The molecule has 0 aliphatic carbocycles. The van der Waals surface area contributed by atoms with Crippen LogP contribution in [-0.4, -0.2) is 16.9 Å². The van der Waals surface area contributed by atoms with Crippen molar-refractivity contribution >= 4 is 11.6 Å². The summed E-state index contributed by atoms with van der Waals surface area (Å²) < 4.78 is 12.5. The average Bonchev–Trinajstić information content (AvgIpc) is 2.89. The maximum absolute atomic E-state index is 6.34. The Morgan fingerprint density at radius 3 is 2.52 bits per heavy atom. The Kier molecular flexibility index (Phi) is 3.79. The molecule has 2 aromatic carbocycles. The second kappa shape index (κ2) is 5.89. The van der Waals surface area contributed by atoms with E-state index in [0.29, 0.717) is 16.7 Å². The third-order valence-electron chi connectivity index (χ3n) is 2.95. The molecule has 0 aliphatic rings. The molecule has 3 rings (SSSR count). The highest BCUT2D eigenvalue weighted by atomic mass is 35.5.